The second-order valence-electron chi connectivity index (χ2n) is 3.55. The van der Waals surface area contributed by atoms with Crippen molar-refractivity contribution in [3.8, 4) is 6.07 Å². The van der Waals surface area contributed by atoms with Crippen molar-refractivity contribution >= 4 is 11.8 Å². The molecule has 0 aromatic carbocycles. The van der Waals surface area contributed by atoms with Gasteiger partial charge in [0.15, 0.2) is 0 Å². The van der Waals surface area contributed by atoms with Gasteiger partial charge in [0.2, 0.25) is 0 Å². The quantitative estimate of drug-likeness (QED) is 0.713. The number of nitrogens with one attached hydrogen (secondary N) is 1. The molecule has 1 N–H and O–H groups in total. The molecule has 68 valence electrons. The zero-order chi connectivity index (χ0) is 9.19. The molecule has 2 nitrogen and oxygen atoms in total. The summed E-state index contributed by atoms with van der Waals surface area (Å²) in [5.74, 6) is 1.55. The van der Waals surface area contributed by atoms with Gasteiger partial charge in [-0.15, -0.1) is 11.8 Å². The van der Waals surface area contributed by atoms with Gasteiger partial charge in [-0.1, -0.05) is 20.3 Å². The van der Waals surface area contributed by atoms with Crippen molar-refractivity contribution < 1.29 is 0 Å². The molecule has 1 heterocycles. The van der Waals surface area contributed by atoms with Gasteiger partial charge in [-0.3, -0.25) is 5.32 Å². The van der Waals surface area contributed by atoms with Gasteiger partial charge >= 0.3 is 0 Å². The van der Waals surface area contributed by atoms with Crippen LogP contribution < -0.4 is 5.32 Å². The van der Waals surface area contributed by atoms with E-state index in [9.17, 15) is 0 Å². The van der Waals surface area contributed by atoms with E-state index in [0.29, 0.717) is 5.92 Å². The predicted octanol–water partition coefficient (Wildman–Crippen LogP) is 1.98. The summed E-state index contributed by atoms with van der Waals surface area (Å²) in [6.45, 7) is 6.63. The number of rotatable bonds is 2. The first-order valence-electron chi connectivity index (χ1n) is 4.43. The third kappa shape index (κ3) is 1.75. The van der Waals surface area contributed by atoms with Crippen LogP contribution in [0, 0.1) is 17.2 Å². The molecule has 1 aliphatic heterocycles. The molecule has 0 aliphatic carbocycles. The summed E-state index contributed by atoms with van der Waals surface area (Å²) in [6.07, 6.45) is 1.16. The normalized spacial score (nSPS) is 37.7. The summed E-state index contributed by atoms with van der Waals surface area (Å²) in [4.78, 5) is 0.120. The largest absolute Gasteiger partial charge is 0.287 e. The SMILES string of the molecule is CCC(C)C1(C)NC(C#N)CS1. The Balaban J connectivity index is 2.59. The molecule has 1 rings (SSSR count). The Kier molecular flexibility index (Phi) is 3.03. The highest BCUT2D eigenvalue weighted by Gasteiger charge is 2.38. The second-order valence-corrected chi connectivity index (χ2v) is 5.02. The van der Waals surface area contributed by atoms with Crippen molar-refractivity contribution in [3.63, 3.8) is 0 Å². The average molecular weight is 184 g/mol. The molecule has 0 aromatic rings. The maximum absolute atomic E-state index is 8.73. The van der Waals surface area contributed by atoms with E-state index in [1.54, 1.807) is 0 Å². The lowest BCUT2D eigenvalue weighted by atomic mass is 9.99. The molecule has 1 aliphatic rings. The Hall–Kier alpha value is -0.200. The highest BCUT2D eigenvalue weighted by molar-refractivity contribution is 8.00. The van der Waals surface area contributed by atoms with Crippen LogP contribution >= 0.6 is 11.8 Å². The maximum Gasteiger partial charge on any atom is 0.106 e. The molecule has 0 saturated carbocycles. The minimum atomic E-state index is 0.0500. The van der Waals surface area contributed by atoms with E-state index in [4.69, 9.17) is 5.26 Å². The van der Waals surface area contributed by atoms with Gasteiger partial charge in [0, 0.05) is 5.75 Å². The van der Waals surface area contributed by atoms with Gasteiger partial charge in [0.25, 0.3) is 0 Å². The Morgan fingerprint density at radius 2 is 2.50 bits per heavy atom. The Morgan fingerprint density at radius 1 is 1.83 bits per heavy atom. The standard InChI is InChI=1S/C9H16N2S/c1-4-7(2)9(3)11-8(5-10)6-12-9/h7-8,11H,4,6H2,1-3H3. The highest BCUT2D eigenvalue weighted by atomic mass is 32.2. The summed E-state index contributed by atoms with van der Waals surface area (Å²) >= 11 is 1.88. The lowest BCUT2D eigenvalue weighted by Crippen LogP contribution is -2.43. The third-order valence-corrected chi connectivity index (χ3v) is 4.34. The number of nitrogens with zero attached hydrogens (tertiary/aromatic N) is 1. The topological polar surface area (TPSA) is 35.8 Å². The van der Waals surface area contributed by atoms with Crippen molar-refractivity contribution in [2.75, 3.05) is 5.75 Å². The average Bonchev–Trinajstić information content (AvgIpc) is 2.47. The molecule has 0 bridgehead atoms. The van der Waals surface area contributed by atoms with Crippen LogP contribution in [0.5, 0.6) is 0 Å². The zero-order valence-corrected chi connectivity index (χ0v) is 8.74. The van der Waals surface area contributed by atoms with Gasteiger partial charge in [-0.2, -0.15) is 5.26 Å². The Labute approximate surface area is 78.7 Å². The monoisotopic (exact) mass is 184 g/mol. The summed E-state index contributed by atoms with van der Waals surface area (Å²) < 4.78 is 0. The molecule has 0 aromatic heterocycles. The van der Waals surface area contributed by atoms with Gasteiger partial charge in [-0.05, 0) is 12.8 Å². The van der Waals surface area contributed by atoms with Crippen LogP contribution in [0.15, 0.2) is 0 Å². The molecule has 0 amide bonds. The molecule has 1 saturated heterocycles. The summed E-state index contributed by atoms with van der Waals surface area (Å²) in [6, 6.07) is 2.32. The van der Waals surface area contributed by atoms with E-state index >= 15 is 0 Å². The van der Waals surface area contributed by atoms with E-state index in [2.05, 4.69) is 32.2 Å². The molecule has 1 fully saturated rings. The Morgan fingerprint density at radius 3 is 2.92 bits per heavy atom. The molecule has 3 heteroatoms. The first-order chi connectivity index (χ1) is 5.62. The summed E-state index contributed by atoms with van der Waals surface area (Å²) in [5.41, 5.74) is 0. The van der Waals surface area contributed by atoms with E-state index in [0.717, 1.165) is 12.2 Å². The number of hydrogen-bond acceptors (Lipinski definition) is 3. The number of thioether (sulfide) groups is 1. The van der Waals surface area contributed by atoms with E-state index < -0.39 is 0 Å². The van der Waals surface area contributed by atoms with Crippen LogP contribution in [0.1, 0.15) is 27.2 Å². The first-order valence-corrected chi connectivity index (χ1v) is 5.42. The molecular formula is C9H16N2S. The minimum Gasteiger partial charge on any atom is -0.287 e. The fraction of sp³-hybridized carbons (Fsp3) is 0.889. The maximum atomic E-state index is 8.73. The van der Waals surface area contributed by atoms with Crippen LogP contribution in [-0.2, 0) is 0 Å². The van der Waals surface area contributed by atoms with Crippen LogP contribution in [-0.4, -0.2) is 16.7 Å². The number of hydrogen-bond donors (Lipinski definition) is 1. The minimum absolute atomic E-state index is 0.0500. The van der Waals surface area contributed by atoms with Gasteiger partial charge in [0.05, 0.1) is 10.9 Å². The van der Waals surface area contributed by atoms with Crippen LogP contribution in [0.3, 0.4) is 0 Å². The molecule has 0 spiro atoms. The lowest BCUT2D eigenvalue weighted by molar-refractivity contribution is 0.359. The number of nitriles is 1. The second kappa shape index (κ2) is 3.68. The fourth-order valence-corrected chi connectivity index (χ4v) is 2.78. The lowest BCUT2D eigenvalue weighted by Gasteiger charge is -2.30. The molecule has 12 heavy (non-hydrogen) atoms. The fourth-order valence-electron chi connectivity index (χ4n) is 1.43. The summed E-state index contributed by atoms with van der Waals surface area (Å²) in [7, 11) is 0. The van der Waals surface area contributed by atoms with Crippen LogP contribution in [0.2, 0.25) is 0 Å². The van der Waals surface area contributed by atoms with Gasteiger partial charge in [0.1, 0.15) is 6.04 Å². The van der Waals surface area contributed by atoms with Crippen molar-refractivity contribution in [3.05, 3.63) is 0 Å². The van der Waals surface area contributed by atoms with Gasteiger partial charge < -0.3 is 0 Å². The molecule has 0 radical (unpaired) electrons. The van der Waals surface area contributed by atoms with Crippen molar-refractivity contribution in [1.29, 1.82) is 5.26 Å². The van der Waals surface area contributed by atoms with Gasteiger partial charge in [-0.25, -0.2) is 0 Å². The smallest absolute Gasteiger partial charge is 0.106 e. The summed E-state index contributed by atoms with van der Waals surface area (Å²) in [5, 5.41) is 12.1. The predicted molar refractivity (Wildman–Crippen MR) is 52.9 cm³/mol. The molecular weight excluding hydrogens is 168 g/mol. The van der Waals surface area contributed by atoms with E-state index in [1.807, 2.05) is 11.8 Å². The highest BCUT2D eigenvalue weighted by Crippen LogP contribution is 2.37. The molecule has 3 unspecified atom stereocenters. The first kappa shape index (κ1) is 9.88. The van der Waals surface area contributed by atoms with Crippen LogP contribution in [0.25, 0.3) is 0 Å². The Bertz CT molecular complexity index is 199. The van der Waals surface area contributed by atoms with Crippen molar-refractivity contribution in [2.45, 2.75) is 38.1 Å². The molecule has 3 atom stereocenters. The van der Waals surface area contributed by atoms with E-state index in [1.165, 1.54) is 0 Å². The zero-order valence-electron chi connectivity index (χ0n) is 7.92. The van der Waals surface area contributed by atoms with Crippen molar-refractivity contribution in [2.24, 2.45) is 5.92 Å². The van der Waals surface area contributed by atoms with Crippen LogP contribution in [0.4, 0.5) is 0 Å². The van der Waals surface area contributed by atoms with Crippen molar-refractivity contribution in [1.82, 2.24) is 5.32 Å². The third-order valence-electron chi connectivity index (χ3n) is 2.72. The van der Waals surface area contributed by atoms with E-state index in [-0.39, 0.29) is 10.9 Å².